The molecule has 2 aromatic rings. The number of sulfonamides is 1. The first-order chi connectivity index (χ1) is 9.72. The van der Waals surface area contributed by atoms with Crippen LogP contribution >= 0.6 is 15.9 Å². The van der Waals surface area contributed by atoms with Gasteiger partial charge in [-0.2, -0.15) is 5.10 Å². The van der Waals surface area contributed by atoms with Gasteiger partial charge in [0, 0.05) is 35.0 Å². The minimum Gasteiger partial charge on any atom is -0.398 e. The summed E-state index contributed by atoms with van der Waals surface area (Å²) in [5.41, 5.74) is 8.54. The average Bonchev–Trinajstić information content (AvgIpc) is 2.72. The number of aryl methyl sites for hydroxylation is 2. The van der Waals surface area contributed by atoms with Crippen LogP contribution in [0.5, 0.6) is 0 Å². The van der Waals surface area contributed by atoms with Gasteiger partial charge in [0.1, 0.15) is 0 Å². The van der Waals surface area contributed by atoms with E-state index < -0.39 is 10.0 Å². The molecule has 0 spiro atoms. The van der Waals surface area contributed by atoms with Crippen molar-refractivity contribution < 1.29 is 8.42 Å². The molecule has 3 N–H and O–H groups in total. The standard InChI is InChI=1S/C13H17BrN4O2S/c1-8-4-11(14)12(15)5-13(8)21(19,20)17-7-10-6-16-18(3)9(10)2/h4-6,17H,7,15H2,1-3H3. The van der Waals surface area contributed by atoms with Crippen molar-refractivity contribution in [3.8, 4) is 0 Å². The molecule has 0 saturated carbocycles. The van der Waals surface area contributed by atoms with Crippen molar-refractivity contribution in [1.29, 1.82) is 0 Å². The number of aromatic nitrogens is 2. The van der Waals surface area contributed by atoms with Crippen molar-refractivity contribution in [2.24, 2.45) is 7.05 Å². The number of rotatable bonds is 4. The van der Waals surface area contributed by atoms with E-state index in [9.17, 15) is 8.42 Å². The molecule has 0 aliphatic rings. The summed E-state index contributed by atoms with van der Waals surface area (Å²) in [4.78, 5) is 0.185. The minimum atomic E-state index is -3.62. The summed E-state index contributed by atoms with van der Waals surface area (Å²) in [5, 5.41) is 4.09. The Bertz CT molecular complexity index is 784. The van der Waals surface area contributed by atoms with Crippen LogP contribution < -0.4 is 10.5 Å². The van der Waals surface area contributed by atoms with Crippen molar-refractivity contribution in [1.82, 2.24) is 14.5 Å². The van der Waals surface area contributed by atoms with Crippen LogP contribution in [0.1, 0.15) is 16.8 Å². The number of halogens is 1. The highest BCUT2D eigenvalue weighted by Crippen LogP contribution is 2.26. The molecule has 1 heterocycles. The van der Waals surface area contributed by atoms with E-state index >= 15 is 0 Å². The molecule has 1 aromatic carbocycles. The maximum atomic E-state index is 12.4. The lowest BCUT2D eigenvalue weighted by atomic mass is 10.2. The first-order valence-electron chi connectivity index (χ1n) is 6.25. The fourth-order valence-corrected chi connectivity index (χ4v) is 3.65. The van der Waals surface area contributed by atoms with E-state index in [0.717, 1.165) is 11.3 Å². The second-order valence-corrected chi connectivity index (χ2v) is 7.43. The zero-order chi connectivity index (χ0) is 15.8. The van der Waals surface area contributed by atoms with Gasteiger partial charge in [-0.05, 0) is 47.5 Å². The molecule has 0 atom stereocenters. The topological polar surface area (TPSA) is 90.0 Å². The summed E-state index contributed by atoms with van der Waals surface area (Å²) in [5.74, 6) is 0. The summed E-state index contributed by atoms with van der Waals surface area (Å²) in [6.07, 6.45) is 1.65. The first-order valence-corrected chi connectivity index (χ1v) is 8.52. The lowest BCUT2D eigenvalue weighted by molar-refractivity contribution is 0.580. The normalized spacial score (nSPS) is 11.8. The molecule has 0 amide bonds. The summed E-state index contributed by atoms with van der Waals surface area (Å²) >= 11 is 3.28. The summed E-state index contributed by atoms with van der Waals surface area (Å²) in [7, 11) is -1.81. The Labute approximate surface area is 132 Å². The highest BCUT2D eigenvalue weighted by Gasteiger charge is 2.19. The van der Waals surface area contributed by atoms with Crippen LogP contribution in [0, 0.1) is 13.8 Å². The van der Waals surface area contributed by atoms with Crippen molar-refractivity contribution in [2.75, 3.05) is 5.73 Å². The molecule has 2 rings (SSSR count). The number of benzene rings is 1. The van der Waals surface area contributed by atoms with Gasteiger partial charge in [-0.25, -0.2) is 13.1 Å². The maximum Gasteiger partial charge on any atom is 0.241 e. The van der Waals surface area contributed by atoms with Crippen molar-refractivity contribution in [3.63, 3.8) is 0 Å². The second-order valence-electron chi connectivity index (χ2n) is 4.84. The largest absolute Gasteiger partial charge is 0.398 e. The van der Waals surface area contributed by atoms with Crippen LogP contribution in [0.3, 0.4) is 0 Å². The molecule has 8 heteroatoms. The molecule has 0 aliphatic carbocycles. The Kier molecular flexibility index (Phi) is 4.40. The molecule has 0 aliphatic heterocycles. The van der Waals surface area contributed by atoms with Gasteiger partial charge >= 0.3 is 0 Å². The molecular formula is C13H17BrN4O2S. The predicted molar refractivity (Wildman–Crippen MR) is 85.3 cm³/mol. The van der Waals surface area contributed by atoms with Gasteiger partial charge in [-0.1, -0.05) is 0 Å². The van der Waals surface area contributed by atoms with Gasteiger partial charge in [0.15, 0.2) is 0 Å². The van der Waals surface area contributed by atoms with Gasteiger partial charge in [-0.15, -0.1) is 0 Å². The molecule has 0 bridgehead atoms. The van der Waals surface area contributed by atoms with Gasteiger partial charge in [0.05, 0.1) is 11.1 Å². The number of hydrogen-bond donors (Lipinski definition) is 2. The Morgan fingerprint density at radius 3 is 2.62 bits per heavy atom. The van der Waals surface area contributed by atoms with E-state index in [1.54, 1.807) is 23.9 Å². The van der Waals surface area contributed by atoms with E-state index in [4.69, 9.17) is 5.73 Å². The number of anilines is 1. The number of nitrogen functional groups attached to an aromatic ring is 1. The zero-order valence-electron chi connectivity index (χ0n) is 12.0. The van der Waals surface area contributed by atoms with Gasteiger partial charge < -0.3 is 5.73 Å². The van der Waals surface area contributed by atoms with Gasteiger partial charge in [-0.3, -0.25) is 4.68 Å². The second kappa shape index (κ2) is 5.78. The van der Waals surface area contributed by atoms with Crippen LogP contribution in [-0.4, -0.2) is 18.2 Å². The SMILES string of the molecule is Cc1cc(Br)c(N)cc1S(=O)(=O)NCc1cnn(C)c1C. The molecule has 6 nitrogen and oxygen atoms in total. The van der Waals surface area contributed by atoms with Crippen LogP contribution in [-0.2, 0) is 23.6 Å². The lowest BCUT2D eigenvalue weighted by Gasteiger charge is -2.11. The third kappa shape index (κ3) is 3.28. The lowest BCUT2D eigenvalue weighted by Crippen LogP contribution is -2.24. The zero-order valence-corrected chi connectivity index (χ0v) is 14.4. The van der Waals surface area contributed by atoms with Crippen molar-refractivity contribution in [2.45, 2.75) is 25.3 Å². The fourth-order valence-electron chi connectivity index (χ4n) is 1.93. The molecule has 0 radical (unpaired) electrons. The predicted octanol–water partition coefficient (Wildman–Crippen LogP) is 1.86. The maximum absolute atomic E-state index is 12.4. The highest BCUT2D eigenvalue weighted by atomic mass is 79.9. The Morgan fingerprint density at radius 2 is 2.05 bits per heavy atom. The van der Waals surface area contributed by atoms with E-state index in [-0.39, 0.29) is 11.4 Å². The van der Waals surface area contributed by atoms with E-state index in [0.29, 0.717) is 15.7 Å². The Morgan fingerprint density at radius 1 is 1.38 bits per heavy atom. The molecule has 0 unspecified atom stereocenters. The smallest absolute Gasteiger partial charge is 0.241 e. The molecule has 0 saturated heterocycles. The van der Waals surface area contributed by atoms with E-state index in [2.05, 4.69) is 25.8 Å². The molecule has 1 aromatic heterocycles. The van der Waals surface area contributed by atoms with Gasteiger partial charge in [0.25, 0.3) is 0 Å². The fraction of sp³-hybridized carbons (Fsp3) is 0.308. The number of hydrogen-bond acceptors (Lipinski definition) is 4. The summed E-state index contributed by atoms with van der Waals surface area (Å²) < 4.78 is 29.8. The third-order valence-corrected chi connectivity index (χ3v) is 5.60. The van der Waals surface area contributed by atoms with E-state index in [1.807, 2.05) is 14.0 Å². The summed E-state index contributed by atoms with van der Waals surface area (Å²) in [6, 6.07) is 3.15. The number of nitrogens with two attached hydrogens (primary N) is 1. The van der Waals surface area contributed by atoms with Crippen molar-refractivity contribution in [3.05, 3.63) is 39.6 Å². The van der Waals surface area contributed by atoms with Crippen LogP contribution in [0.4, 0.5) is 5.69 Å². The third-order valence-electron chi connectivity index (χ3n) is 3.37. The summed E-state index contributed by atoms with van der Waals surface area (Å²) in [6.45, 7) is 3.81. The van der Waals surface area contributed by atoms with Crippen LogP contribution in [0.25, 0.3) is 0 Å². The Hall–Kier alpha value is -1.38. The molecule has 114 valence electrons. The van der Waals surface area contributed by atoms with E-state index in [1.165, 1.54) is 6.07 Å². The highest BCUT2D eigenvalue weighted by molar-refractivity contribution is 9.10. The van der Waals surface area contributed by atoms with Crippen LogP contribution in [0.2, 0.25) is 0 Å². The van der Waals surface area contributed by atoms with Crippen LogP contribution in [0.15, 0.2) is 27.7 Å². The minimum absolute atomic E-state index is 0.185. The average molecular weight is 373 g/mol. The molecular weight excluding hydrogens is 356 g/mol. The first kappa shape index (κ1) is 16.0. The number of nitrogens with one attached hydrogen (secondary N) is 1. The molecule has 21 heavy (non-hydrogen) atoms. The van der Waals surface area contributed by atoms with Crippen molar-refractivity contribution >= 4 is 31.6 Å². The van der Waals surface area contributed by atoms with Gasteiger partial charge in [0.2, 0.25) is 10.0 Å². The molecule has 0 fully saturated rings. The monoisotopic (exact) mass is 372 g/mol. The number of nitrogens with zero attached hydrogens (tertiary/aromatic N) is 2. The Balaban J connectivity index is 2.27. The quantitative estimate of drug-likeness (QED) is 0.801.